The lowest BCUT2D eigenvalue weighted by Crippen LogP contribution is -2.35. The van der Waals surface area contributed by atoms with E-state index in [1.807, 2.05) is 6.92 Å². The van der Waals surface area contributed by atoms with Crippen molar-refractivity contribution in [1.29, 1.82) is 0 Å². The second-order valence-electron chi connectivity index (χ2n) is 2.29. The van der Waals surface area contributed by atoms with E-state index in [0.29, 0.717) is 12.4 Å². The highest BCUT2D eigenvalue weighted by atomic mass is 16.1. The second kappa shape index (κ2) is 6.31. The summed E-state index contributed by atoms with van der Waals surface area (Å²) < 4.78 is 0. The second-order valence-corrected chi connectivity index (χ2v) is 2.29. The monoisotopic (exact) mass is 169 g/mol. The quantitative estimate of drug-likeness (QED) is 0.494. The third-order valence-electron chi connectivity index (χ3n) is 1.20. The van der Waals surface area contributed by atoms with Gasteiger partial charge in [-0.1, -0.05) is 19.2 Å². The van der Waals surface area contributed by atoms with Crippen molar-refractivity contribution in [3.05, 3.63) is 18.1 Å². The van der Waals surface area contributed by atoms with E-state index >= 15 is 0 Å². The molecule has 0 aliphatic rings. The molecule has 0 aromatic heterocycles. The fourth-order valence-corrected chi connectivity index (χ4v) is 0.565. The van der Waals surface area contributed by atoms with Crippen LogP contribution in [0.15, 0.2) is 18.1 Å². The van der Waals surface area contributed by atoms with Crippen molar-refractivity contribution in [1.82, 2.24) is 10.6 Å². The molecule has 0 aliphatic heterocycles. The lowest BCUT2D eigenvalue weighted by molar-refractivity contribution is -0.120. The Kier molecular flexibility index (Phi) is 5.57. The molecule has 1 amide bonds. The van der Waals surface area contributed by atoms with Gasteiger partial charge < -0.3 is 16.4 Å². The molecule has 12 heavy (non-hydrogen) atoms. The molecule has 0 rings (SSSR count). The van der Waals surface area contributed by atoms with E-state index in [2.05, 4.69) is 22.9 Å². The third-order valence-corrected chi connectivity index (χ3v) is 1.20. The number of carbonyl (C=O) groups excluding carboxylic acids is 1. The van der Waals surface area contributed by atoms with Crippen LogP contribution in [-0.2, 0) is 4.79 Å². The zero-order valence-corrected chi connectivity index (χ0v) is 7.31. The molecular formula is C8H15N3O. The lowest BCUT2D eigenvalue weighted by Gasteiger charge is -2.04. The number of hydrogen-bond donors (Lipinski definition) is 3. The Labute approximate surface area is 72.5 Å². The minimum atomic E-state index is -0.0740. The van der Waals surface area contributed by atoms with E-state index in [-0.39, 0.29) is 12.5 Å². The van der Waals surface area contributed by atoms with Crippen LogP contribution in [0.2, 0.25) is 0 Å². The number of nitrogens with two attached hydrogens (primary N) is 1. The highest BCUT2D eigenvalue weighted by Crippen LogP contribution is 1.73. The summed E-state index contributed by atoms with van der Waals surface area (Å²) >= 11 is 0. The normalized spacial score (nSPS) is 8.42. The Morgan fingerprint density at radius 2 is 2.25 bits per heavy atom. The zero-order valence-electron chi connectivity index (χ0n) is 7.31. The van der Waals surface area contributed by atoms with E-state index in [1.165, 1.54) is 0 Å². The Morgan fingerprint density at radius 1 is 1.58 bits per heavy atom. The van der Waals surface area contributed by atoms with Gasteiger partial charge in [0.05, 0.1) is 6.54 Å². The predicted octanol–water partition coefficient (Wildman–Crippen LogP) is -0.313. The summed E-state index contributed by atoms with van der Waals surface area (Å²) in [5, 5.41) is 5.34. The van der Waals surface area contributed by atoms with Crippen molar-refractivity contribution in [2.24, 2.45) is 5.73 Å². The van der Waals surface area contributed by atoms with Crippen LogP contribution in [0.5, 0.6) is 0 Å². The number of nitrogens with one attached hydrogen (secondary N) is 2. The predicted molar refractivity (Wildman–Crippen MR) is 48.1 cm³/mol. The van der Waals surface area contributed by atoms with E-state index in [9.17, 15) is 4.79 Å². The van der Waals surface area contributed by atoms with Gasteiger partial charge >= 0.3 is 0 Å². The SMILES string of the molecule is C=C=C(N)NCC(=O)NCCC. The van der Waals surface area contributed by atoms with Crippen molar-refractivity contribution in [3.8, 4) is 0 Å². The van der Waals surface area contributed by atoms with Crippen molar-refractivity contribution in [2.45, 2.75) is 13.3 Å². The fraction of sp³-hybridized carbons (Fsp3) is 0.500. The summed E-state index contributed by atoms with van der Waals surface area (Å²) in [4.78, 5) is 10.9. The largest absolute Gasteiger partial charge is 0.379 e. The van der Waals surface area contributed by atoms with Gasteiger partial charge in [0.25, 0.3) is 0 Å². The average molecular weight is 169 g/mol. The zero-order chi connectivity index (χ0) is 9.40. The first-order valence-electron chi connectivity index (χ1n) is 3.86. The average Bonchev–Trinajstić information content (AvgIpc) is 2.10. The molecule has 0 bridgehead atoms. The van der Waals surface area contributed by atoms with Gasteiger partial charge in [0, 0.05) is 6.54 Å². The molecule has 0 spiro atoms. The van der Waals surface area contributed by atoms with Crippen molar-refractivity contribution >= 4 is 5.91 Å². The molecular weight excluding hydrogens is 154 g/mol. The van der Waals surface area contributed by atoms with Crippen LogP contribution in [-0.4, -0.2) is 19.0 Å². The molecule has 0 radical (unpaired) electrons. The Bertz CT molecular complexity index is 194. The Hall–Kier alpha value is -1.41. The van der Waals surface area contributed by atoms with Gasteiger partial charge in [0.1, 0.15) is 5.82 Å². The maximum Gasteiger partial charge on any atom is 0.239 e. The van der Waals surface area contributed by atoms with Gasteiger partial charge in [-0.2, -0.15) is 0 Å². The van der Waals surface area contributed by atoms with Crippen molar-refractivity contribution < 1.29 is 4.79 Å². The van der Waals surface area contributed by atoms with Crippen LogP contribution in [0, 0.1) is 0 Å². The first-order chi connectivity index (χ1) is 5.70. The Balaban J connectivity index is 3.50. The topological polar surface area (TPSA) is 67.1 Å². The summed E-state index contributed by atoms with van der Waals surface area (Å²) in [6.07, 6.45) is 0.929. The number of hydrogen-bond acceptors (Lipinski definition) is 3. The van der Waals surface area contributed by atoms with Crippen LogP contribution in [0.3, 0.4) is 0 Å². The molecule has 0 saturated carbocycles. The first-order valence-corrected chi connectivity index (χ1v) is 3.86. The van der Waals surface area contributed by atoms with E-state index in [4.69, 9.17) is 5.73 Å². The number of amides is 1. The molecule has 0 saturated heterocycles. The first kappa shape index (κ1) is 10.6. The van der Waals surface area contributed by atoms with E-state index in [0.717, 1.165) is 6.42 Å². The van der Waals surface area contributed by atoms with E-state index < -0.39 is 0 Å². The van der Waals surface area contributed by atoms with E-state index in [1.54, 1.807) is 0 Å². The molecule has 0 aliphatic carbocycles. The van der Waals surface area contributed by atoms with Gasteiger partial charge in [-0.3, -0.25) is 4.79 Å². The third kappa shape index (κ3) is 5.38. The van der Waals surface area contributed by atoms with Gasteiger partial charge in [0.2, 0.25) is 5.91 Å². The van der Waals surface area contributed by atoms with Crippen LogP contribution < -0.4 is 16.4 Å². The molecule has 0 atom stereocenters. The molecule has 4 N–H and O–H groups in total. The van der Waals surface area contributed by atoms with Crippen molar-refractivity contribution in [3.63, 3.8) is 0 Å². The summed E-state index contributed by atoms with van der Waals surface area (Å²) in [5.41, 5.74) is 7.73. The van der Waals surface area contributed by atoms with Gasteiger partial charge in [-0.05, 0) is 6.42 Å². The van der Waals surface area contributed by atoms with Crippen LogP contribution in [0.25, 0.3) is 0 Å². The smallest absolute Gasteiger partial charge is 0.239 e. The summed E-state index contributed by atoms with van der Waals surface area (Å²) in [5.74, 6) is 0.219. The molecule has 4 nitrogen and oxygen atoms in total. The highest BCUT2D eigenvalue weighted by Gasteiger charge is 1.97. The fourth-order valence-electron chi connectivity index (χ4n) is 0.565. The maximum absolute atomic E-state index is 10.9. The van der Waals surface area contributed by atoms with Crippen molar-refractivity contribution in [2.75, 3.05) is 13.1 Å². The van der Waals surface area contributed by atoms with Crippen LogP contribution in [0.4, 0.5) is 0 Å². The minimum absolute atomic E-state index is 0.0740. The summed E-state index contributed by atoms with van der Waals surface area (Å²) in [6, 6.07) is 0. The van der Waals surface area contributed by atoms with Gasteiger partial charge in [-0.15, -0.1) is 0 Å². The molecule has 0 fully saturated rings. The highest BCUT2D eigenvalue weighted by molar-refractivity contribution is 5.78. The van der Waals surface area contributed by atoms with Crippen LogP contribution >= 0.6 is 0 Å². The molecule has 4 heteroatoms. The number of carbonyl (C=O) groups is 1. The van der Waals surface area contributed by atoms with Crippen LogP contribution in [0.1, 0.15) is 13.3 Å². The molecule has 0 unspecified atom stereocenters. The standard InChI is InChI=1S/C8H15N3O/c1-3-5-10-8(12)6-11-7(9)4-2/h11H,2-3,5-6,9H2,1H3,(H,10,12). The minimum Gasteiger partial charge on any atom is -0.379 e. The van der Waals surface area contributed by atoms with Gasteiger partial charge in [0.15, 0.2) is 0 Å². The molecule has 0 heterocycles. The maximum atomic E-state index is 10.9. The van der Waals surface area contributed by atoms with Gasteiger partial charge in [-0.25, -0.2) is 0 Å². The number of rotatable bonds is 5. The Morgan fingerprint density at radius 3 is 2.75 bits per heavy atom. The summed E-state index contributed by atoms with van der Waals surface area (Å²) in [6.45, 7) is 6.18. The molecule has 0 aromatic carbocycles. The summed E-state index contributed by atoms with van der Waals surface area (Å²) in [7, 11) is 0. The molecule has 0 aromatic rings. The molecule has 68 valence electrons. The lowest BCUT2D eigenvalue weighted by atomic mass is 10.4.